The molecule has 0 saturated heterocycles. The molecule has 0 atom stereocenters. The largest absolute Gasteiger partial charge is 0.274 e. The molecule has 22 heavy (non-hydrogen) atoms. The molecule has 2 aromatic carbocycles. The van der Waals surface area contributed by atoms with Gasteiger partial charge in [-0.2, -0.15) is 0 Å². The Labute approximate surface area is 135 Å². The Morgan fingerprint density at radius 2 is 1.59 bits per heavy atom. The van der Waals surface area contributed by atoms with Crippen molar-refractivity contribution in [1.82, 2.24) is 14.8 Å². The smallest absolute Gasteiger partial charge is 0.195 e. The minimum Gasteiger partial charge on any atom is -0.274 e. The SMILES string of the molecule is CCCSc1nnc(Cc2ccccc2)n1-c1ccccc1. The fourth-order valence-corrected chi connectivity index (χ4v) is 3.14. The molecule has 3 nitrogen and oxygen atoms in total. The lowest BCUT2D eigenvalue weighted by Crippen LogP contribution is -2.03. The second kappa shape index (κ2) is 7.27. The average Bonchev–Trinajstić information content (AvgIpc) is 2.97. The van der Waals surface area contributed by atoms with E-state index in [1.54, 1.807) is 11.8 Å². The molecule has 0 spiro atoms. The zero-order valence-electron chi connectivity index (χ0n) is 12.6. The molecule has 3 aromatic rings. The molecule has 1 heterocycles. The summed E-state index contributed by atoms with van der Waals surface area (Å²) in [6, 6.07) is 20.8. The highest BCUT2D eigenvalue weighted by atomic mass is 32.2. The van der Waals surface area contributed by atoms with Crippen LogP contribution in [0.1, 0.15) is 24.7 Å². The maximum atomic E-state index is 4.43. The molecule has 112 valence electrons. The highest BCUT2D eigenvalue weighted by molar-refractivity contribution is 7.99. The molecule has 0 aliphatic heterocycles. The van der Waals surface area contributed by atoms with Crippen molar-refractivity contribution < 1.29 is 0 Å². The molecule has 0 amide bonds. The van der Waals surface area contributed by atoms with Gasteiger partial charge in [0, 0.05) is 17.9 Å². The molecule has 0 bridgehead atoms. The number of rotatable bonds is 6. The lowest BCUT2D eigenvalue weighted by Gasteiger charge is -2.10. The van der Waals surface area contributed by atoms with E-state index in [0.717, 1.165) is 35.3 Å². The van der Waals surface area contributed by atoms with Crippen molar-refractivity contribution in [1.29, 1.82) is 0 Å². The lowest BCUT2D eigenvalue weighted by molar-refractivity contribution is 0.847. The molecule has 3 rings (SSSR count). The van der Waals surface area contributed by atoms with Crippen LogP contribution in [0, 0.1) is 0 Å². The van der Waals surface area contributed by atoms with Crippen molar-refractivity contribution >= 4 is 11.8 Å². The van der Waals surface area contributed by atoms with Gasteiger partial charge in [-0.1, -0.05) is 67.2 Å². The molecule has 0 unspecified atom stereocenters. The first kappa shape index (κ1) is 14.9. The first-order valence-electron chi connectivity index (χ1n) is 7.55. The van der Waals surface area contributed by atoms with E-state index in [-0.39, 0.29) is 0 Å². The molecule has 1 aromatic heterocycles. The van der Waals surface area contributed by atoms with Crippen LogP contribution in [0.4, 0.5) is 0 Å². The van der Waals surface area contributed by atoms with Crippen LogP contribution in [0.2, 0.25) is 0 Å². The van der Waals surface area contributed by atoms with Crippen molar-refractivity contribution in [2.75, 3.05) is 5.75 Å². The molecular formula is C18H19N3S. The zero-order valence-corrected chi connectivity index (χ0v) is 13.5. The van der Waals surface area contributed by atoms with Gasteiger partial charge in [0.05, 0.1) is 0 Å². The first-order valence-corrected chi connectivity index (χ1v) is 8.53. The summed E-state index contributed by atoms with van der Waals surface area (Å²) in [6.45, 7) is 2.18. The van der Waals surface area contributed by atoms with E-state index in [1.165, 1.54) is 5.56 Å². The van der Waals surface area contributed by atoms with Crippen LogP contribution in [0.5, 0.6) is 0 Å². The standard InChI is InChI=1S/C18H19N3S/c1-2-13-22-18-20-19-17(14-15-9-5-3-6-10-15)21(18)16-11-7-4-8-12-16/h3-12H,2,13-14H2,1H3. The highest BCUT2D eigenvalue weighted by Crippen LogP contribution is 2.23. The zero-order chi connectivity index (χ0) is 15.2. The molecule has 4 heteroatoms. The van der Waals surface area contributed by atoms with Gasteiger partial charge >= 0.3 is 0 Å². The quantitative estimate of drug-likeness (QED) is 0.634. The van der Waals surface area contributed by atoms with E-state index in [2.05, 4.69) is 70.2 Å². The average molecular weight is 309 g/mol. The van der Waals surface area contributed by atoms with Crippen LogP contribution < -0.4 is 0 Å². The van der Waals surface area contributed by atoms with Gasteiger partial charge in [-0.25, -0.2) is 0 Å². The van der Waals surface area contributed by atoms with Crippen LogP contribution >= 0.6 is 11.8 Å². The van der Waals surface area contributed by atoms with Gasteiger partial charge in [-0.3, -0.25) is 4.57 Å². The number of nitrogens with zero attached hydrogens (tertiary/aromatic N) is 3. The van der Waals surface area contributed by atoms with Crippen LogP contribution in [-0.2, 0) is 6.42 Å². The molecule has 0 aliphatic rings. The van der Waals surface area contributed by atoms with Crippen molar-refractivity contribution in [3.05, 3.63) is 72.1 Å². The summed E-state index contributed by atoms with van der Waals surface area (Å²) in [4.78, 5) is 0. The number of thioether (sulfide) groups is 1. The highest BCUT2D eigenvalue weighted by Gasteiger charge is 2.14. The first-order chi connectivity index (χ1) is 10.9. The predicted octanol–water partition coefficient (Wildman–Crippen LogP) is 4.36. The Hall–Kier alpha value is -2.07. The third kappa shape index (κ3) is 3.39. The van der Waals surface area contributed by atoms with Gasteiger partial charge in [0.1, 0.15) is 5.82 Å². The van der Waals surface area contributed by atoms with Gasteiger partial charge in [0.2, 0.25) is 0 Å². The van der Waals surface area contributed by atoms with Gasteiger partial charge in [-0.15, -0.1) is 10.2 Å². The summed E-state index contributed by atoms with van der Waals surface area (Å²) < 4.78 is 2.17. The van der Waals surface area contributed by atoms with Crippen LogP contribution in [0.3, 0.4) is 0 Å². The predicted molar refractivity (Wildman–Crippen MR) is 91.6 cm³/mol. The minimum atomic E-state index is 0.787. The molecule has 0 fully saturated rings. The van der Waals surface area contributed by atoms with Crippen molar-refractivity contribution in [3.8, 4) is 5.69 Å². The topological polar surface area (TPSA) is 30.7 Å². The Morgan fingerprint density at radius 3 is 2.27 bits per heavy atom. The molecule has 0 radical (unpaired) electrons. The van der Waals surface area contributed by atoms with Crippen LogP contribution in [0.15, 0.2) is 65.8 Å². The maximum Gasteiger partial charge on any atom is 0.195 e. The van der Waals surface area contributed by atoms with Crippen molar-refractivity contribution in [3.63, 3.8) is 0 Å². The van der Waals surface area contributed by atoms with E-state index in [1.807, 2.05) is 12.1 Å². The van der Waals surface area contributed by atoms with E-state index in [0.29, 0.717) is 0 Å². The third-order valence-corrected chi connectivity index (χ3v) is 4.49. The summed E-state index contributed by atoms with van der Waals surface area (Å²) in [5.74, 6) is 2.03. The number of hydrogen-bond acceptors (Lipinski definition) is 3. The summed E-state index contributed by atoms with van der Waals surface area (Å²) in [5, 5.41) is 9.81. The van der Waals surface area contributed by atoms with E-state index >= 15 is 0 Å². The lowest BCUT2D eigenvalue weighted by atomic mass is 10.1. The summed E-state index contributed by atoms with van der Waals surface area (Å²) >= 11 is 1.76. The second-order valence-electron chi connectivity index (χ2n) is 5.08. The maximum absolute atomic E-state index is 4.43. The molecule has 0 saturated carbocycles. The van der Waals surface area contributed by atoms with E-state index < -0.39 is 0 Å². The fourth-order valence-electron chi connectivity index (χ4n) is 2.32. The number of aromatic nitrogens is 3. The van der Waals surface area contributed by atoms with Crippen LogP contribution in [0.25, 0.3) is 5.69 Å². The third-order valence-electron chi connectivity index (χ3n) is 3.36. The van der Waals surface area contributed by atoms with Crippen molar-refractivity contribution in [2.45, 2.75) is 24.9 Å². The molecule has 0 aliphatic carbocycles. The number of benzene rings is 2. The van der Waals surface area contributed by atoms with E-state index in [4.69, 9.17) is 0 Å². The van der Waals surface area contributed by atoms with Gasteiger partial charge in [-0.05, 0) is 24.1 Å². The van der Waals surface area contributed by atoms with E-state index in [9.17, 15) is 0 Å². The number of para-hydroxylation sites is 1. The Kier molecular flexibility index (Phi) is 4.91. The van der Waals surface area contributed by atoms with Gasteiger partial charge in [0.25, 0.3) is 0 Å². The minimum absolute atomic E-state index is 0.787. The second-order valence-corrected chi connectivity index (χ2v) is 6.14. The summed E-state index contributed by atoms with van der Waals surface area (Å²) in [5.41, 5.74) is 2.37. The summed E-state index contributed by atoms with van der Waals surface area (Å²) in [7, 11) is 0. The Balaban J connectivity index is 1.97. The molecular weight excluding hydrogens is 290 g/mol. The molecule has 0 N–H and O–H groups in total. The van der Waals surface area contributed by atoms with Gasteiger partial charge in [0.15, 0.2) is 5.16 Å². The Bertz CT molecular complexity index is 708. The Morgan fingerprint density at radius 1 is 0.909 bits per heavy atom. The normalized spacial score (nSPS) is 10.8. The van der Waals surface area contributed by atoms with Gasteiger partial charge < -0.3 is 0 Å². The summed E-state index contributed by atoms with van der Waals surface area (Å²) in [6.07, 6.45) is 1.91. The fraction of sp³-hybridized carbons (Fsp3) is 0.222. The van der Waals surface area contributed by atoms with Crippen LogP contribution in [-0.4, -0.2) is 20.5 Å². The monoisotopic (exact) mass is 309 g/mol. The number of hydrogen-bond donors (Lipinski definition) is 0. The van der Waals surface area contributed by atoms with Crippen molar-refractivity contribution in [2.24, 2.45) is 0 Å².